The van der Waals surface area contributed by atoms with Crippen molar-refractivity contribution in [2.24, 2.45) is 0 Å². The van der Waals surface area contributed by atoms with Gasteiger partial charge in [0, 0.05) is 6.54 Å². The highest BCUT2D eigenvalue weighted by molar-refractivity contribution is 5.73. The lowest BCUT2D eigenvalue weighted by atomic mass is 10.1. The van der Waals surface area contributed by atoms with Gasteiger partial charge in [0.15, 0.2) is 0 Å². The number of carbonyl (C=O) groups is 1. The van der Waals surface area contributed by atoms with E-state index in [1.807, 2.05) is 24.3 Å². The summed E-state index contributed by atoms with van der Waals surface area (Å²) in [5.74, 6) is -0.0282. The molecule has 1 aliphatic rings. The number of morpholine rings is 1. The third-order valence-electron chi connectivity index (χ3n) is 3.04. The minimum absolute atomic E-state index is 0.101. The fraction of sp³-hybridized carbons (Fsp3) is 0.500. The highest BCUT2D eigenvalue weighted by atomic mass is 16.5. The number of ether oxygens (including phenoxy) is 2. The van der Waals surface area contributed by atoms with Crippen molar-refractivity contribution in [3.05, 3.63) is 29.8 Å². The summed E-state index contributed by atoms with van der Waals surface area (Å²) in [4.78, 5) is 10.8. The summed E-state index contributed by atoms with van der Waals surface area (Å²) >= 11 is 0. The molecule has 0 spiro atoms. The number of rotatable bonds is 5. The Morgan fingerprint density at radius 2 is 2.21 bits per heavy atom. The van der Waals surface area contributed by atoms with E-state index in [0.717, 1.165) is 17.7 Å². The standard InChI is InChI=1S/C14H19NO4/c1-2-7-18-11-5-3-10(4-6-11)13-8-15-12(9-19-13)14(16)17/h3-6,12-13,15H,2,7-9H2,1H3,(H,16,17). The molecule has 2 N–H and O–H groups in total. The van der Waals surface area contributed by atoms with Crippen molar-refractivity contribution < 1.29 is 19.4 Å². The highest BCUT2D eigenvalue weighted by Crippen LogP contribution is 2.22. The minimum Gasteiger partial charge on any atom is -0.494 e. The lowest BCUT2D eigenvalue weighted by molar-refractivity contribution is -0.144. The van der Waals surface area contributed by atoms with Gasteiger partial charge in [-0.2, -0.15) is 0 Å². The Kier molecular flexibility index (Phi) is 4.76. The quantitative estimate of drug-likeness (QED) is 0.846. The van der Waals surface area contributed by atoms with E-state index in [1.54, 1.807) is 0 Å². The molecule has 0 saturated carbocycles. The Bertz CT molecular complexity index is 410. The lowest BCUT2D eigenvalue weighted by Crippen LogP contribution is -2.47. The lowest BCUT2D eigenvalue weighted by Gasteiger charge is -2.28. The fourth-order valence-electron chi connectivity index (χ4n) is 1.95. The van der Waals surface area contributed by atoms with E-state index in [1.165, 1.54) is 0 Å². The molecule has 1 aliphatic heterocycles. The number of benzene rings is 1. The third-order valence-corrected chi connectivity index (χ3v) is 3.04. The van der Waals surface area contributed by atoms with Crippen LogP contribution in [0.15, 0.2) is 24.3 Å². The smallest absolute Gasteiger partial charge is 0.323 e. The average molecular weight is 265 g/mol. The van der Waals surface area contributed by atoms with Crippen LogP contribution >= 0.6 is 0 Å². The third kappa shape index (κ3) is 3.68. The van der Waals surface area contributed by atoms with Crippen molar-refractivity contribution in [3.8, 4) is 5.75 Å². The SMILES string of the molecule is CCCOc1ccc(C2CNC(C(=O)O)CO2)cc1. The largest absolute Gasteiger partial charge is 0.494 e. The number of nitrogens with one attached hydrogen (secondary N) is 1. The molecule has 1 aromatic carbocycles. The van der Waals surface area contributed by atoms with Crippen molar-refractivity contribution in [2.45, 2.75) is 25.5 Å². The van der Waals surface area contributed by atoms with E-state index < -0.39 is 12.0 Å². The highest BCUT2D eigenvalue weighted by Gasteiger charge is 2.26. The number of carboxylic acid groups (broad SMARTS) is 1. The number of aliphatic carboxylic acids is 1. The average Bonchev–Trinajstić information content (AvgIpc) is 2.46. The molecule has 0 radical (unpaired) electrons. The zero-order chi connectivity index (χ0) is 13.7. The summed E-state index contributed by atoms with van der Waals surface area (Å²) in [5.41, 5.74) is 1.03. The molecule has 104 valence electrons. The zero-order valence-electron chi connectivity index (χ0n) is 11.0. The molecule has 0 amide bonds. The van der Waals surface area contributed by atoms with E-state index in [4.69, 9.17) is 14.6 Å². The maximum atomic E-state index is 10.8. The fourth-order valence-corrected chi connectivity index (χ4v) is 1.95. The molecule has 2 rings (SSSR count). The van der Waals surface area contributed by atoms with Gasteiger partial charge in [0.05, 0.1) is 19.3 Å². The second kappa shape index (κ2) is 6.54. The van der Waals surface area contributed by atoms with Gasteiger partial charge in [-0.05, 0) is 24.1 Å². The van der Waals surface area contributed by atoms with Gasteiger partial charge >= 0.3 is 5.97 Å². The predicted molar refractivity (Wildman–Crippen MR) is 70.3 cm³/mol. The van der Waals surface area contributed by atoms with Crippen molar-refractivity contribution in [3.63, 3.8) is 0 Å². The molecule has 2 atom stereocenters. The van der Waals surface area contributed by atoms with Crippen LogP contribution in [0.1, 0.15) is 25.0 Å². The Balaban J connectivity index is 1.90. The van der Waals surface area contributed by atoms with Gasteiger partial charge < -0.3 is 14.6 Å². The van der Waals surface area contributed by atoms with Gasteiger partial charge in [-0.25, -0.2) is 0 Å². The van der Waals surface area contributed by atoms with Crippen LogP contribution in [0.25, 0.3) is 0 Å². The van der Waals surface area contributed by atoms with Crippen molar-refractivity contribution >= 4 is 5.97 Å². The monoisotopic (exact) mass is 265 g/mol. The molecule has 5 heteroatoms. The van der Waals surface area contributed by atoms with Crippen LogP contribution in [-0.2, 0) is 9.53 Å². The van der Waals surface area contributed by atoms with Crippen LogP contribution in [0.5, 0.6) is 5.75 Å². The van der Waals surface area contributed by atoms with E-state index >= 15 is 0 Å². The summed E-state index contributed by atoms with van der Waals surface area (Å²) in [6.45, 7) is 3.47. The second-order valence-electron chi connectivity index (χ2n) is 4.54. The van der Waals surface area contributed by atoms with Crippen LogP contribution in [-0.4, -0.2) is 36.9 Å². The van der Waals surface area contributed by atoms with Crippen molar-refractivity contribution in [2.75, 3.05) is 19.8 Å². The van der Waals surface area contributed by atoms with Gasteiger partial charge in [0.2, 0.25) is 0 Å². The summed E-state index contributed by atoms with van der Waals surface area (Å²) < 4.78 is 11.1. The molecule has 0 aromatic heterocycles. The Labute approximate surface area is 112 Å². The Hall–Kier alpha value is -1.59. The van der Waals surface area contributed by atoms with Gasteiger partial charge in [-0.1, -0.05) is 19.1 Å². The molecular formula is C14H19NO4. The first-order valence-electron chi connectivity index (χ1n) is 6.51. The van der Waals surface area contributed by atoms with Crippen LogP contribution in [0.4, 0.5) is 0 Å². The first-order valence-corrected chi connectivity index (χ1v) is 6.51. The molecular weight excluding hydrogens is 246 g/mol. The molecule has 1 heterocycles. The Morgan fingerprint density at radius 3 is 2.74 bits per heavy atom. The van der Waals surface area contributed by atoms with Gasteiger partial charge in [0.1, 0.15) is 11.8 Å². The van der Waals surface area contributed by atoms with E-state index in [2.05, 4.69) is 12.2 Å². The van der Waals surface area contributed by atoms with Crippen molar-refractivity contribution in [1.82, 2.24) is 5.32 Å². The minimum atomic E-state index is -0.873. The van der Waals surface area contributed by atoms with Crippen LogP contribution in [0.3, 0.4) is 0 Å². The van der Waals surface area contributed by atoms with Crippen LogP contribution in [0, 0.1) is 0 Å². The van der Waals surface area contributed by atoms with E-state index in [0.29, 0.717) is 13.2 Å². The summed E-state index contributed by atoms with van der Waals surface area (Å²) in [6.07, 6.45) is 0.879. The molecule has 1 saturated heterocycles. The Morgan fingerprint density at radius 1 is 1.47 bits per heavy atom. The van der Waals surface area contributed by atoms with Gasteiger partial charge in [-0.3, -0.25) is 10.1 Å². The van der Waals surface area contributed by atoms with Crippen LogP contribution in [0.2, 0.25) is 0 Å². The second-order valence-corrected chi connectivity index (χ2v) is 4.54. The van der Waals surface area contributed by atoms with Gasteiger partial charge in [0.25, 0.3) is 0 Å². The summed E-state index contributed by atoms with van der Waals surface area (Å²) in [5, 5.41) is 11.8. The predicted octanol–water partition coefficient (Wildman–Crippen LogP) is 1.59. The molecule has 2 unspecified atom stereocenters. The van der Waals surface area contributed by atoms with E-state index in [9.17, 15) is 4.79 Å². The number of hydrogen-bond donors (Lipinski definition) is 2. The number of hydrogen-bond acceptors (Lipinski definition) is 4. The molecule has 0 bridgehead atoms. The number of carboxylic acids is 1. The molecule has 19 heavy (non-hydrogen) atoms. The molecule has 1 fully saturated rings. The topological polar surface area (TPSA) is 67.8 Å². The first kappa shape index (κ1) is 13.8. The first-order chi connectivity index (χ1) is 9.20. The summed E-state index contributed by atoms with van der Waals surface area (Å²) in [7, 11) is 0. The maximum Gasteiger partial charge on any atom is 0.323 e. The van der Waals surface area contributed by atoms with Gasteiger partial charge in [-0.15, -0.1) is 0 Å². The van der Waals surface area contributed by atoms with Crippen molar-refractivity contribution in [1.29, 1.82) is 0 Å². The molecule has 1 aromatic rings. The maximum absolute atomic E-state index is 10.8. The van der Waals surface area contributed by atoms with Crippen LogP contribution < -0.4 is 10.1 Å². The normalized spacial score (nSPS) is 23.0. The summed E-state index contributed by atoms with van der Waals surface area (Å²) in [6, 6.07) is 7.13. The zero-order valence-corrected chi connectivity index (χ0v) is 11.0. The molecule has 0 aliphatic carbocycles. The van der Waals surface area contributed by atoms with E-state index in [-0.39, 0.29) is 12.7 Å². The molecule has 5 nitrogen and oxygen atoms in total.